The quantitative estimate of drug-likeness (QED) is 0.391. The lowest BCUT2D eigenvalue weighted by atomic mass is 9.33. The topological polar surface area (TPSA) is 20.2 Å². The molecule has 0 saturated heterocycles. The van der Waals surface area contributed by atoms with Gasteiger partial charge in [0.1, 0.15) is 0 Å². The van der Waals surface area contributed by atoms with Gasteiger partial charge in [-0.25, -0.2) is 0 Å². The van der Waals surface area contributed by atoms with Crippen molar-refractivity contribution in [3.8, 4) is 0 Å². The zero-order chi connectivity index (χ0) is 22.6. The van der Waals surface area contributed by atoms with Gasteiger partial charge >= 0.3 is 0 Å². The predicted molar refractivity (Wildman–Crippen MR) is 131 cm³/mol. The molecule has 1 N–H and O–H groups in total. The monoisotopic (exact) mass is 424 g/mol. The molecule has 0 unspecified atom stereocenters. The molecular formula is C30H48O. The van der Waals surface area contributed by atoms with Crippen LogP contribution < -0.4 is 0 Å². The fraction of sp³-hybridized carbons (Fsp3) is 0.867. The number of rotatable bonds is 0. The molecule has 0 aliphatic heterocycles. The van der Waals surface area contributed by atoms with Crippen LogP contribution in [0.2, 0.25) is 0 Å². The highest BCUT2D eigenvalue weighted by Crippen LogP contribution is 2.75. The summed E-state index contributed by atoms with van der Waals surface area (Å²) in [5.74, 6) is 2.70. The van der Waals surface area contributed by atoms with Gasteiger partial charge in [-0.3, -0.25) is 0 Å². The van der Waals surface area contributed by atoms with Crippen LogP contribution in [-0.2, 0) is 0 Å². The minimum Gasteiger partial charge on any atom is -0.393 e. The fourth-order valence-electron chi connectivity index (χ4n) is 10.6. The van der Waals surface area contributed by atoms with Crippen molar-refractivity contribution in [1.29, 1.82) is 0 Å². The molecule has 5 aliphatic carbocycles. The summed E-state index contributed by atoms with van der Waals surface area (Å²) in [6.45, 7) is 22.3. The van der Waals surface area contributed by atoms with Gasteiger partial charge in [-0.15, -0.1) is 0 Å². The zero-order valence-corrected chi connectivity index (χ0v) is 21.5. The van der Waals surface area contributed by atoms with Crippen LogP contribution in [0.4, 0.5) is 0 Å². The summed E-state index contributed by atoms with van der Waals surface area (Å²) in [4.78, 5) is 0. The average Bonchev–Trinajstić information content (AvgIpc) is 2.69. The summed E-state index contributed by atoms with van der Waals surface area (Å²) in [7, 11) is 0. The molecule has 5 aliphatic rings. The van der Waals surface area contributed by atoms with Crippen molar-refractivity contribution in [2.75, 3.05) is 0 Å². The van der Waals surface area contributed by atoms with Crippen molar-refractivity contribution in [3.63, 3.8) is 0 Å². The summed E-state index contributed by atoms with van der Waals surface area (Å²) in [6, 6.07) is 0. The summed E-state index contributed by atoms with van der Waals surface area (Å²) in [5, 5.41) is 10.9. The second kappa shape index (κ2) is 6.52. The molecular weight excluding hydrogens is 376 g/mol. The molecule has 5 rings (SSSR count). The van der Waals surface area contributed by atoms with E-state index in [1.54, 1.807) is 0 Å². The second-order valence-corrected chi connectivity index (χ2v) is 14.2. The molecule has 0 aromatic carbocycles. The third kappa shape index (κ3) is 2.59. The van der Waals surface area contributed by atoms with E-state index in [4.69, 9.17) is 0 Å². The molecule has 9 atom stereocenters. The van der Waals surface area contributed by atoms with Crippen molar-refractivity contribution in [2.24, 2.45) is 50.7 Å². The lowest BCUT2D eigenvalue weighted by Gasteiger charge is -2.71. The molecule has 0 aromatic heterocycles. The van der Waals surface area contributed by atoms with Gasteiger partial charge in [0, 0.05) is 0 Å². The fourth-order valence-corrected chi connectivity index (χ4v) is 10.6. The van der Waals surface area contributed by atoms with Gasteiger partial charge in [-0.05, 0) is 109 Å². The largest absolute Gasteiger partial charge is 0.393 e. The highest BCUT2D eigenvalue weighted by atomic mass is 16.3. The molecule has 31 heavy (non-hydrogen) atoms. The van der Waals surface area contributed by atoms with Gasteiger partial charge in [0.05, 0.1) is 6.10 Å². The average molecular weight is 425 g/mol. The Kier molecular flexibility index (Phi) is 4.68. The maximum Gasteiger partial charge on any atom is 0.0594 e. The molecule has 4 saturated carbocycles. The molecule has 0 bridgehead atoms. The summed E-state index contributed by atoms with van der Waals surface area (Å²) >= 11 is 0. The Labute approximate surface area is 192 Å². The summed E-state index contributed by atoms with van der Waals surface area (Å²) in [6.07, 6.45) is 14.0. The van der Waals surface area contributed by atoms with Gasteiger partial charge in [-0.1, -0.05) is 72.3 Å². The summed E-state index contributed by atoms with van der Waals surface area (Å²) in [5.41, 5.74) is 4.88. The van der Waals surface area contributed by atoms with E-state index in [0.717, 1.165) is 12.3 Å². The third-order valence-corrected chi connectivity index (χ3v) is 12.9. The van der Waals surface area contributed by atoms with Gasteiger partial charge in [0.25, 0.3) is 0 Å². The number of aliphatic hydroxyl groups is 1. The van der Waals surface area contributed by atoms with E-state index in [9.17, 15) is 5.11 Å². The highest BCUT2D eigenvalue weighted by Gasteiger charge is 2.67. The van der Waals surface area contributed by atoms with Crippen molar-refractivity contribution >= 4 is 0 Å². The minimum atomic E-state index is -0.135. The first kappa shape index (κ1) is 22.2. The molecule has 0 spiro atoms. The molecule has 1 nitrogen and oxygen atoms in total. The smallest absolute Gasteiger partial charge is 0.0594 e. The first-order chi connectivity index (χ1) is 14.3. The molecule has 0 heterocycles. The van der Waals surface area contributed by atoms with Crippen molar-refractivity contribution in [2.45, 2.75) is 112 Å². The molecule has 1 heteroatoms. The molecule has 0 amide bonds. The first-order valence-electron chi connectivity index (χ1n) is 13.4. The standard InChI is InChI=1S/C30H48O/c1-19-11-14-27(5)17-18-29(7)21(25(27)20(19)2)9-10-23-28(6)15-13-24(31)26(3,4)22(28)12-16-30(23,29)8/h9,20,22-25,31H,1,10-18H2,2-8H3/t20-,22-,23+,24+,25+,27+,28-,29+,30+/m0/s1. The number of fused-ring (bicyclic) bond motifs is 7. The maximum absolute atomic E-state index is 10.9. The Hall–Kier alpha value is -0.560. The number of aliphatic hydroxyl groups excluding tert-OH is 1. The number of allylic oxidation sites excluding steroid dienone is 3. The number of hydrogen-bond donors (Lipinski definition) is 1. The first-order valence-corrected chi connectivity index (χ1v) is 13.4. The normalized spacial score (nSPS) is 55.9. The van der Waals surface area contributed by atoms with Crippen molar-refractivity contribution < 1.29 is 5.11 Å². The minimum absolute atomic E-state index is 0.0417. The van der Waals surface area contributed by atoms with Crippen LogP contribution in [-0.4, -0.2) is 11.2 Å². The highest BCUT2D eigenvalue weighted by molar-refractivity contribution is 5.35. The van der Waals surface area contributed by atoms with Crippen molar-refractivity contribution in [3.05, 3.63) is 23.8 Å². The van der Waals surface area contributed by atoms with Gasteiger partial charge < -0.3 is 5.11 Å². The zero-order valence-electron chi connectivity index (χ0n) is 21.5. The van der Waals surface area contributed by atoms with Gasteiger partial charge in [0.15, 0.2) is 0 Å². The van der Waals surface area contributed by atoms with Crippen LogP contribution in [0.15, 0.2) is 23.8 Å². The van der Waals surface area contributed by atoms with Crippen LogP contribution in [0.25, 0.3) is 0 Å². The molecule has 4 fully saturated rings. The maximum atomic E-state index is 10.9. The number of hydrogen-bond acceptors (Lipinski definition) is 1. The van der Waals surface area contributed by atoms with Crippen LogP contribution in [0, 0.1) is 50.7 Å². The van der Waals surface area contributed by atoms with Crippen LogP contribution in [0.3, 0.4) is 0 Å². The lowest BCUT2D eigenvalue weighted by Crippen LogP contribution is -2.64. The lowest BCUT2D eigenvalue weighted by molar-refractivity contribution is -0.202. The predicted octanol–water partition coefficient (Wildman–Crippen LogP) is 7.94. The van der Waals surface area contributed by atoms with Gasteiger partial charge in [-0.2, -0.15) is 0 Å². The second-order valence-electron chi connectivity index (χ2n) is 14.2. The Morgan fingerprint density at radius 3 is 2.32 bits per heavy atom. The van der Waals surface area contributed by atoms with E-state index in [0.29, 0.717) is 39.4 Å². The van der Waals surface area contributed by atoms with E-state index in [1.807, 2.05) is 5.57 Å². The Morgan fingerprint density at radius 2 is 1.61 bits per heavy atom. The van der Waals surface area contributed by atoms with E-state index in [2.05, 4.69) is 61.1 Å². The Morgan fingerprint density at radius 1 is 0.903 bits per heavy atom. The Balaban J connectivity index is 1.60. The van der Waals surface area contributed by atoms with E-state index < -0.39 is 0 Å². The van der Waals surface area contributed by atoms with E-state index >= 15 is 0 Å². The van der Waals surface area contributed by atoms with Crippen LogP contribution >= 0.6 is 0 Å². The molecule has 0 radical (unpaired) electrons. The van der Waals surface area contributed by atoms with E-state index in [-0.39, 0.29) is 11.5 Å². The van der Waals surface area contributed by atoms with Crippen LogP contribution in [0.5, 0.6) is 0 Å². The van der Waals surface area contributed by atoms with Crippen molar-refractivity contribution in [1.82, 2.24) is 0 Å². The SMILES string of the molecule is C=C1CC[C@]2(C)CC[C@]3(C)C(=CC[C@@H]4[C@@]5(C)CC[C@@H](O)C(C)(C)[C@@H]5CC[C@]43C)[C@H]2[C@H]1C. The van der Waals surface area contributed by atoms with Gasteiger partial charge in [0.2, 0.25) is 0 Å². The summed E-state index contributed by atoms with van der Waals surface area (Å²) < 4.78 is 0. The van der Waals surface area contributed by atoms with E-state index in [1.165, 1.54) is 56.9 Å². The molecule has 174 valence electrons. The molecule has 0 aromatic rings. The third-order valence-electron chi connectivity index (χ3n) is 12.9. The Bertz CT molecular complexity index is 820. The van der Waals surface area contributed by atoms with Crippen LogP contribution in [0.1, 0.15) is 106 Å².